The maximum Gasteiger partial charge on any atom is 0.145 e. The molecule has 0 heterocycles. The van der Waals surface area contributed by atoms with Crippen molar-refractivity contribution in [2.24, 2.45) is 0 Å². The number of hydrogen-bond acceptors (Lipinski definition) is 2. The van der Waals surface area contributed by atoms with Crippen molar-refractivity contribution in [2.75, 3.05) is 0 Å². The van der Waals surface area contributed by atoms with Crippen molar-refractivity contribution in [3.63, 3.8) is 0 Å². The number of allylic oxidation sites excluding steroid dienone is 4. The summed E-state index contributed by atoms with van der Waals surface area (Å²) in [6, 6.07) is 0. The third-order valence-corrected chi connectivity index (χ3v) is 2.56. The molecule has 16 heavy (non-hydrogen) atoms. The summed E-state index contributed by atoms with van der Waals surface area (Å²) in [5, 5.41) is 0. The molecule has 0 aromatic rings. The van der Waals surface area contributed by atoms with Gasteiger partial charge in [0, 0.05) is 6.42 Å². The number of ketones is 1. The molecule has 2 nitrogen and oxygen atoms in total. The maximum absolute atomic E-state index is 10.7. The van der Waals surface area contributed by atoms with Crippen LogP contribution < -0.4 is 0 Å². The lowest BCUT2D eigenvalue weighted by atomic mass is 10.0. The first-order chi connectivity index (χ1) is 7.47. The van der Waals surface area contributed by atoms with Gasteiger partial charge in [0.1, 0.15) is 12.1 Å². The number of rotatable bonds is 7. The average molecular weight is 222 g/mol. The van der Waals surface area contributed by atoms with E-state index in [2.05, 4.69) is 6.08 Å². The Hall–Kier alpha value is -1.18. The molecule has 0 aliphatic heterocycles. The topological polar surface area (TPSA) is 34.1 Å². The molecule has 0 rings (SSSR count). The predicted molar refractivity (Wildman–Crippen MR) is 67.3 cm³/mol. The fraction of sp³-hybridized carbons (Fsp3) is 0.571. The zero-order valence-electron chi connectivity index (χ0n) is 10.8. The standard InChI is InChI=1S/C14H22O2/c1-11(2)14(10-15)9-8-12(3)6-5-7-13(4)16/h6,10H,5,7-9H2,1-4H3. The third kappa shape index (κ3) is 7.16. The van der Waals surface area contributed by atoms with Gasteiger partial charge in [0.05, 0.1) is 0 Å². The zero-order valence-corrected chi connectivity index (χ0v) is 10.8. The highest BCUT2D eigenvalue weighted by Crippen LogP contribution is 2.14. The van der Waals surface area contributed by atoms with E-state index in [1.165, 1.54) is 5.57 Å². The van der Waals surface area contributed by atoms with Gasteiger partial charge in [0.15, 0.2) is 0 Å². The van der Waals surface area contributed by atoms with Gasteiger partial charge in [-0.15, -0.1) is 0 Å². The van der Waals surface area contributed by atoms with Gasteiger partial charge in [-0.3, -0.25) is 4.79 Å². The smallest absolute Gasteiger partial charge is 0.145 e. The number of carbonyl (C=O) groups is 2. The molecule has 0 radical (unpaired) electrons. The van der Waals surface area contributed by atoms with Gasteiger partial charge >= 0.3 is 0 Å². The normalized spacial score (nSPS) is 11.1. The largest absolute Gasteiger partial charge is 0.300 e. The van der Waals surface area contributed by atoms with Crippen LogP contribution in [0.2, 0.25) is 0 Å². The van der Waals surface area contributed by atoms with E-state index in [9.17, 15) is 9.59 Å². The Labute approximate surface area is 98.4 Å². The van der Waals surface area contributed by atoms with Crippen LogP contribution in [0, 0.1) is 0 Å². The van der Waals surface area contributed by atoms with Crippen LogP contribution in [-0.4, -0.2) is 12.1 Å². The van der Waals surface area contributed by atoms with Crippen molar-refractivity contribution in [3.8, 4) is 0 Å². The molecule has 0 bridgehead atoms. The molecule has 0 spiro atoms. The summed E-state index contributed by atoms with van der Waals surface area (Å²) in [4.78, 5) is 21.5. The van der Waals surface area contributed by atoms with Gasteiger partial charge < -0.3 is 4.79 Å². The lowest BCUT2D eigenvalue weighted by Crippen LogP contribution is -1.91. The molecular weight excluding hydrogens is 200 g/mol. The Kier molecular flexibility index (Phi) is 7.44. The minimum Gasteiger partial charge on any atom is -0.300 e. The molecular formula is C14H22O2. The van der Waals surface area contributed by atoms with Crippen LogP contribution >= 0.6 is 0 Å². The van der Waals surface area contributed by atoms with Gasteiger partial charge in [-0.05, 0) is 52.5 Å². The van der Waals surface area contributed by atoms with Crippen LogP contribution in [0.4, 0.5) is 0 Å². The zero-order chi connectivity index (χ0) is 12.6. The molecule has 0 aromatic carbocycles. The molecule has 0 atom stereocenters. The molecule has 0 aliphatic carbocycles. The summed E-state index contributed by atoms with van der Waals surface area (Å²) in [5.74, 6) is 0.224. The summed E-state index contributed by atoms with van der Waals surface area (Å²) < 4.78 is 0. The number of hydrogen-bond donors (Lipinski definition) is 0. The maximum atomic E-state index is 10.7. The number of carbonyl (C=O) groups excluding carboxylic acids is 2. The highest BCUT2D eigenvalue weighted by Gasteiger charge is 1.99. The first-order valence-corrected chi connectivity index (χ1v) is 5.74. The van der Waals surface area contributed by atoms with E-state index in [0.717, 1.165) is 36.7 Å². The fourth-order valence-corrected chi connectivity index (χ4v) is 1.38. The number of aldehydes is 1. The summed E-state index contributed by atoms with van der Waals surface area (Å²) in [7, 11) is 0. The van der Waals surface area contributed by atoms with E-state index in [4.69, 9.17) is 0 Å². The second-order valence-electron chi connectivity index (χ2n) is 4.43. The molecule has 0 fully saturated rings. The Morgan fingerprint density at radius 1 is 1.00 bits per heavy atom. The molecule has 0 amide bonds. The molecule has 90 valence electrons. The quantitative estimate of drug-likeness (QED) is 0.374. The van der Waals surface area contributed by atoms with Gasteiger partial charge in [-0.1, -0.05) is 17.2 Å². The Bertz CT molecular complexity index is 305. The highest BCUT2D eigenvalue weighted by molar-refractivity contribution is 5.75. The van der Waals surface area contributed by atoms with Crippen LogP contribution in [0.15, 0.2) is 22.8 Å². The second kappa shape index (κ2) is 8.03. The van der Waals surface area contributed by atoms with Crippen molar-refractivity contribution in [2.45, 2.75) is 53.4 Å². The Morgan fingerprint density at radius 3 is 2.06 bits per heavy atom. The van der Waals surface area contributed by atoms with E-state index in [-0.39, 0.29) is 5.78 Å². The summed E-state index contributed by atoms with van der Waals surface area (Å²) >= 11 is 0. The van der Waals surface area contributed by atoms with E-state index >= 15 is 0 Å². The molecule has 0 N–H and O–H groups in total. The molecule has 0 aromatic heterocycles. The minimum absolute atomic E-state index is 0.224. The summed E-state index contributed by atoms with van der Waals surface area (Å²) in [6.07, 6.45) is 6.16. The first-order valence-electron chi connectivity index (χ1n) is 5.74. The van der Waals surface area contributed by atoms with Crippen LogP contribution in [0.3, 0.4) is 0 Å². The van der Waals surface area contributed by atoms with Crippen molar-refractivity contribution < 1.29 is 9.59 Å². The molecule has 0 aliphatic rings. The molecule has 0 saturated carbocycles. The van der Waals surface area contributed by atoms with Crippen LogP contribution in [0.5, 0.6) is 0 Å². The van der Waals surface area contributed by atoms with Gasteiger partial charge in [-0.25, -0.2) is 0 Å². The molecule has 2 heteroatoms. The SMILES string of the molecule is CC(=O)CCC=C(C)CCC(C=O)=C(C)C. The second-order valence-corrected chi connectivity index (χ2v) is 4.43. The Morgan fingerprint density at radius 2 is 1.62 bits per heavy atom. The van der Waals surface area contributed by atoms with Crippen molar-refractivity contribution >= 4 is 12.1 Å². The molecule has 0 saturated heterocycles. The van der Waals surface area contributed by atoms with Crippen LogP contribution in [0.1, 0.15) is 53.4 Å². The van der Waals surface area contributed by atoms with Gasteiger partial charge in [-0.2, -0.15) is 0 Å². The Balaban J connectivity index is 4.06. The van der Waals surface area contributed by atoms with E-state index < -0.39 is 0 Å². The van der Waals surface area contributed by atoms with E-state index in [1.54, 1.807) is 6.92 Å². The average Bonchev–Trinajstić information content (AvgIpc) is 2.17. The van der Waals surface area contributed by atoms with Gasteiger partial charge in [0.2, 0.25) is 0 Å². The summed E-state index contributed by atoms with van der Waals surface area (Å²) in [6.45, 7) is 7.57. The fourth-order valence-electron chi connectivity index (χ4n) is 1.38. The monoisotopic (exact) mass is 222 g/mol. The lowest BCUT2D eigenvalue weighted by Gasteiger charge is -2.03. The van der Waals surface area contributed by atoms with Crippen molar-refractivity contribution in [1.29, 1.82) is 0 Å². The minimum atomic E-state index is 0.224. The van der Waals surface area contributed by atoms with Crippen LogP contribution in [0.25, 0.3) is 0 Å². The van der Waals surface area contributed by atoms with Gasteiger partial charge in [0.25, 0.3) is 0 Å². The summed E-state index contributed by atoms with van der Waals surface area (Å²) in [5.41, 5.74) is 3.23. The third-order valence-electron chi connectivity index (χ3n) is 2.56. The number of Topliss-reactive ketones (excluding diaryl/α,β-unsaturated/α-hetero) is 1. The highest BCUT2D eigenvalue weighted by atomic mass is 16.1. The van der Waals surface area contributed by atoms with Crippen molar-refractivity contribution in [3.05, 3.63) is 22.8 Å². The van der Waals surface area contributed by atoms with Crippen LogP contribution in [-0.2, 0) is 9.59 Å². The van der Waals surface area contributed by atoms with E-state index in [0.29, 0.717) is 6.42 Å². The first kappa shape index (κ1) is 14.8. The van der Waals surface area contributed by atoms with Crippen molar-refractivity contribution in [1.82, 2.24) is 0 Å². The molecule has 0 unspecified atom stereocenters. The predicted octanol–water partition coefficient (Wildman–Crippen LogP) is 3.62. The lowest BCUT2D eigenvalue weighted by molar-refractivity contribution is -0.116. The van der Waals surface area contributed by atoms with E-state index in [1.807, 2.05) is 20.8 Å².